The SMILES string of the molecule is Cc1ccc(N[C@@H]2CN(Cc3ccccc3)CC[C@H]2O)c(C)c1. The highest BCUT2D eigenvalue weighted by molar-refractivity contribution is 5.52. The van der Waals surface area contributed by atoms with E-state index >= 15 is 0 Å². The Hall–Kier alpha value is -1.84. The van der Waals surface area contributed by atoms with Gasteiger partial charge >= 0.3 is 0 Å². The summed E-state index contributed by atoms with van der Waals surface area (Å²) in [5.41, 5.74) is 4.95. The second-order valence-electron chi connectivity index (χ2n) is 6.65. The normalized spacial score (nSPS) is 22.0. The fourth-order valence-corrected chi connectivity index (χ4v) is 3.31. The number of nitrogens with zero attached hydrogens (tertiary/aromatic N) is 1. The maximum atomic E-state index is 10.4. The Bertz CT molecular complexity index is 641. The molecule has 1 heterocycles. The van der Waals surface area contributed by atoms with E-state index < -0.39 is 0 Å². The zero-order chi connectivity index (χ0) is 16.2. The Morgan fingerprint density at radius 3 is 2.65 bits per heavy atom. The highest BCUT2D eigenvalue weighted by Crippen LogP contribution is 2.21. The monoisotopic (exact) mass is 310 g/mol. The Morgan fingerprint density at radius 1 is 1.13 bits per heavy atom. The summed E-state index contributed by atoms with van der Waals surface area (Å²) < 4.78 is 0. The molecule has 2 aromatic carbocycles. The minimum absolute atomic E-state index is 0.0777. The van der Waals surface area contributed by atoms with E-state index in [1.807, 2.05) is 6.07 Å². The number of piperidine rings is 1. The summed E-state index contributed by atoms with van der Waals surface area (Å²) in [6, 6.07) is 17.0. The van der Waals surface area contributed by atoms with Crippen molar-refractivity contribution in [3.63, 3.8) is 0 Å². The van der Waals surface area contributed by atoms with E-state index in [-0.39, 0.29) is 12.1 Å². The summed E-state index contributed by atoms with van der Waals surface area (Å²) in [7, 11) is 0. The lowest BCUT2D eigenvalue weighted by atomic mass is 10.00. The molecule has 3 heteroatoms. The second-order valence-corrected chi connectivity index (χ2v) is 6.65. The van der Waals surface area contributed by atoms with Crippen molar-refractivity contribution in [1.82, 2.24) is 4.90 Å². The molecule has 0 aliphatic carbocycles. The number of benzene rings is 2. The molecular formula is C20H26N2O. The Labute approximate surface area is 139 Å². The van der Waals surface area contributed by atoms with Crippen LogP contribution in [-0.2, 0) is 6.54 Å². The van der Waals surface area contributed by atoms with Gasteiger partial charge < -0.3 is 10.4 Å². The number of rotatable bonds is 4. The van der Waals surface area contributed by atoms with Crippen molar-refractivity contribution in [1.29, 1.82) is 0 Å². The van der Waals surface area contributed by atoms with E-state index in [0.29, 0.717) is 0 Å². The minimum atomic E-state index is -0.289. The average Bonchev–Trinajstić information content (AvgIpc) is 2.54. The van der Waals surface area contributed by atoms with Crippen LogP contribution in [-0.4, -0.2) is 35.2 Å². The fourth-order valence-electron chi connectivity index (χ4n) is 3.31. The van der Waals surface area contributed by atoms with Crippen molar-refractivity contribution >= 4 is 5.69 Å². The second kappa shape index (κ2) is 7.16. The molecule has 0 saturated carbocycles. The first-order valence-corrected chi connectivity index (χ1v) is 8.40. The summed E-state index contributed by atoms with van der Waals surface area (Å²) in [5.74, 6) is 0. The molecule has 3 nitrogen and oxygen atoms in total. The number of hydrogen-bond donors (Lipinski definition) is 2. The number of anilines is 1. The van der Waals surface area contributed by atoms with Crippen molar-refractivity contribution in [2.75, 3.05) is 18.4 Å². The van der Waals surface area contributed by atoms with Crippen LogP contribution < -0.4 is 5.32 Å². The van der Waals surface area contributed by atoms with Gasteiger partial charge in [-0.2, -0.15) is 0 Å². The molecule has 2 N–H and O–H groups in total. The van der Waals surface area contributed by atoms with Gasteiger partial charge in [0.05, 0.1) is 12.1 Å². The van der Waals surface area contributed by atoms with E-state index in [0.717, 1.165) is 31.7 Å². The third kappa shape index (κ3) is 4.12. The topological polar surface area (TPSA) is 35.5 Å². The summed E-state index contributed by atoms with van der Waals surface area (Å²) in [6.45, 7) is 6.98. The third-order valence-electron chi connectivity index (χ3n) is 4.63. The number of hydrogen-bond acceptors (Lipinski definition) is 3. The standard InChI is InChI=1S/C20H26N2O/c1-15-8-9-18(16(2)12-15)21-19-14-22(11-10-20(19)23)13-17-6-4-3-5-7-17/h3-9,12,19-21,23H,10-11,13-14H2,1-2H3/t19-,20-/m1/s1. The molecule has 1 saturated heterocycles. The summed E-state index contributed by atoms with van der Waals surface area (Å²) in [5, 5.41) is 13.9. The number of likely N-dealkylation sites (tertiary alicyclic amines) is 1. The van der Waals surface area contributed by atoms with Gasteiger partial charge in [-0.1, -0.05) is 48.0 Å². The Morgan fingerprint density at radius 2 is 1.91 bits per heavy atom. The van der Waals surface area contributed by atoms with Crippen LogP contribution in [0.4, 0.5) is 5.69 Å². The molecule has 0 aromatic heterocycles. The van der Waals surface area contributed by atoms with Gasteiger partial charge in [-0.3, -0.25) is 4.90 Å². The van der Waals surface area contributed by atoms with Crippen LogP contribution in [0.25, 0.3) is 0 Å². The Kier molecular flexibility index (Phi) is 4.99. The lowest BCUT2D eigenvalue weighted by Crippen LogP contribution is -2.50. The van der Waals surface area contributed by atoms with Crippen LogP contribution in [0.5, 0.6) is 0 Å². The largest absolute Gasteiger partial charge is 0.391 e. The minimum Gasteiger partial charge on any atom is -0.391 e. The van der Waals surface area contributed by atoms with Crippen molar-refractivity contribution in [2.24, 2.45) is 0 Å². The highest BCUT2D eigenvalue weighted by Gasteiger charge is 2.27. The van der Waals surface area contributed by atoms with Crippen LogP contribution in [0.15, 0.2) is 48.5 Å². The Balaban J connectivity index is 1.66. The zero-order valence-electron chi connectivity index (χ0n) is 14.0. The van der Waals surface area contributed by atoms with Gasteiger partial charge in [-0.25, -0.2) is 0 Å². The number of nitrogens with one attached hydrogen (secondary N) is 1. The molecule has 0 radical (unpaired) electrons. The van der Waals surface area contributed by atoms with Gasteiger partial charge in [0.15, 0.2) is 0 Å². The van der Waals surface area contributed by atoms with Crippen LogP contribution in [0.2, 0.25) is 0 Å². The van der Waals surface area contributed by atoms with Crippen molar-refractivity contribution in [3.05, 3.63) is 65.2 Å². The van der Waals surface area contributed by atoms with Gasteiger partial charge in [0.25, 0.3) is 0 Å². The van der Waals surface area contributed by atoms with Crippen LogP contribution in [0.1, 0.15) is 23.1 Å². The van der Waals surface area contributed by atoms with Crippen LogP contribution >= 0.6 is 0 Å². The third-order valence-corrected chi connectivity index (χ3v) is 4.63. The van der Waals surface area contributed by atoms with Crippen molar-refractivity contribution in [2.45, 2.75) is 39.0 Å². The molecule has 23 heavy (non-hydrogen) atoms. The molecule has 1 fully saturated rings. The molecule has 1 aliphatic rings. The molecule has 3 rings (SSSR count). The molecule has 2 atom stereocenters. The van der Waals surface area contributed by atoms with Crippen LogP contribution in [0.3, 0.4) is 0 Å². The smallest absolute Gasteiger partial charge is 0.0765 e. The van der Waals surface area contributed by atoms with Gasteiger partial charge in [0.2, 0.25) is 0 Å². The highest BCUT2D eigenvalue weighted by atomic mass is 16.3. The molecule has 0 spiro atoms. The van der Waals surface area contributed by atoms with E-state index in [1.54, 1.807) is 0 Å². The van der Waals surface area contributed by atoms with E-state index in [2.05, 4.69) is 66.5 Å². The molecule has 122 valence electrons. The predicted molar refractivity (Wildman–Crippen MR) is 95.7 cm³/mol. The van der Waals surface area contributed by atoms with E-state index in [4.69, 9.17) is 0 Å². The lowest BCUT2D eigenvalue weighted by molar-refractivity contribution is 0.0666. The predicted octanol–water partition coefficient (Wildman–Crippen LogP) is 3.35. The number of aryl methyl sites for hydroxylation is 2. The van der Waals surface area contributed by atoms with Gasteiger partial charge in [-0.15, -0.1) is 0 Å². The van der Waals surface area contributed by atoms with E-state index in [9.17, 15) is 5.11 Å². The van der Waals surface area contributed by atoms with Crippen molar-refractivity contribution < 1.29 is 5.11 Å². The molecule has 0 unspecified atom stereocenters. The molecule has 0 amide bonds. The van der Waals surface area contributed by atoms with Gasteiger partial charge in [0, 0.05) is 25.3 Å². The maximum Gasteiger partial charge on any atom is 0.0765 e. The maximum absolute atomic E-state index is 10.4. The first kappa shape index (κ1) is 16.0. The summed E-state index contributed by atoms with van der Waals surface area (Å²) >= 11 is 0. The van der Waals surface area contributed by atoms with Crippen molar-refractivity contribution in [3.8, 4) is 0 Å². The number of aliphatic hydroxyl groups excluding tert-OH is 1. The quantitative estimate of drug-likeness (QED) is 0.909. The molecule has 1 aliphatic heterocycles. The molecule has 0 bridgehead atoms. The lowest BCUT2D eigenvalue weighted by Gasteiger charge is -2.37. The molecule has 2 aromatic rings. The summed E-state index contributed by atoms with van der Waals surface area (Å²) in [6.07, 6.45) is 0.526. The van der Waals surface area contributed by atoms with E-state index in [1.165, 1.54) is 16.7 Å². The first-order chi connectivity index (χ1) is 11.1. The fraction of sp³-hybridized carbons (Fsp3) is 0.400. The van der Waals surface area contributed by atoms with Gasteiger partial charge in [0.1, 0.15) is 0 Å². The average molecular weight is 310 g/mol. The van der Waals surface area contributed by atoms with Gasteiger partial charge in [-0.05, 0) is 37.5 Å². The molecular weight excluding hydrogens is 284 g/mol. The number of aliphatic hydroxyl groups is 1. The van der Waals surface area contributed by atoms with Crippen LogP contribution in [0, 0.1) is 13.8 Å². The zero-order valence-corrected chi connectivity index (χ0v) is 14.0. The first-order valence-electron chi connectivity index (χ1n) is 8.40. The summed E-state index contributed by atoms with van der Waals surface area (Å²) in [4.78, 5) is 2.42.